The van der Waals surface area contributed by atoms with Crippen molar-refractivity contribution in [2.24, 2.45) is 0 Å². The number of carbonyl (C=O) groups is 1. The second-order valence-corrected chi connectivity index (χ2v) is 5.21. The highest BCUT2D eigenvalue weighted by Gasteiger charge is 2.15. The minimum absolute atomic E-state index is 0.0434. The van der Waals surface area contributed by atoms with Gasteiger partial charge in [-0.3, -0.25) is 14.9 Å². The molecule has 7 heteroatoms. The van der Waals surface area contributed by atoms with Gasteiger partial charge >= 0.3 is 0 Å². The molecular weight excluding hydrogens is 320 g/mol. The summed E-state index contributed by atoms with van der Waals surface area (Å²) in [4.78, 5) is 22.3. The summed E-state index contributed by atoms with van der Waals surface area (Å²) >= 11 is 5.95. The molecule has 1 N–H and O–H groups in total. The van der Waals surface area contributed by atoms with Crippen molar-refractivity contribution in [1.29, 1.82) is 0 Å². The maximum Gasteiger partial charge on any atom is 0.270 e. The molecule has 23 heavy (non-hydrogen) atoms. The van der Waals surface area contributed by atoms with Crippen LogP contribution < -0.4 is 5.32 Å². The molecule has 1 amide bonds. The van der Waals surface area contributed by atoms with Gasteiger partial charge in [0.1, 0.15) is 0 Å². The van der Waals surface area contributed by atoms with Gasteiger partial charge in [-0.25, -0.2) is 0 Å². The van der Waals surface area contributed by atoms with Gasteiger partial charge in [0.25, 0.3) is 11.6 Å². The highest BCUT2D eigenvalue weighted by molar-refractivity contribution is 6.34. The first-order chi connectivity index (χ1) is 11.0. The Kier molecular flexibility index (Phi) is 5.67. The van der Waals surface area contributed by atoms with Crippen LogP contribution >= 0.6 is 11.6 Å². The third kappa shape index (κ3) is 4.28. The highest BCUT2D eigenvalue weighted by atomic mass is 35.5. The van der Waals surface area contributed by atoms with Crippen molar-refractivity contribution >= 4 is 23.2 Å². The molecule has 2 rings (SSSR count). The van der Waals surface area contributed by atoms with E-state index in [4.69, 9.17) is 16.3 Å². The number of hydrogen-bond donors (Lipinski definition) is 1. The molecule has 0 saturated carbocycles. The summed E-state index contributed by atoms with van der Waals surface area (Å²) in [5, 5.41) is 13.5. The molecule has 120 valence electrons. The van der Waals surface area contributed by atoms with Gasteiger partial charge in [-0.1, -0.05) is 35.9 Å². The lowest BCUT2D eigenvalue weighted by Gasteiger charge is -2.10. The van der Waals surface area contributed by atoms with E-state index in [0.29, 0.717) is 13.2 Å². The fourth-order valence-electron chi connectivity index (χ4n) is 2.10. The van der Waals surface area contributed by atoms with Gasteiger partial charge in [0.15, 0.2) is 0 Å². The van der Waals surface area contributed by atoms with Crippen molar-refractivity contribution in [3.05, 3.63) is 74.3 Å². The number of ether oxygens (including phenoxy) is 1. The lowest BCUT2D eigenvalue weighted by Crippen LogP contribution is -2.23. The van der Waals surface area contributed by atoms with Gasteiger partial charge in [0, 0.05) is 25.8 Å². The maximum absolute atomic E-state index is 12.2. The summed E-state index contributed by atoms with van der Waals surface area (Å²) < 4.78 is 5.12. The van der Waals surface area contributed by atoms with Crippen LogP contribution in [-0.4, -0.2) is 17.9 Å². The number of non-ortho nitro benzene ring substituents is 1. The fourth-order valence-corrected chi connectivity index (χ4v) is 2.36. The number of methoxy groups -OCH3 is 1. The van der Waals surface area contributed by atoms with E-state index in [0.717, 1.165) is 17.2 Å². The van der Waals surface area contributed by atoms with Crippen molar-refractivity contribution in [3.63, 3.8) is 0 Å². The Balaban J connectivity index is 2.10. The van der Waals surface area contributed by atoms with Gasteiger partial charge in [0.2, 0.25) is 0 Å². The van der Waals surface area contributed by atoms with Crippen LogP contribution in [0.5, 0.6) is 0 Å². The van der Waals surface area contributed by atoms with Crippen LogP contribution in [0.3, 0.4) is 0 Å². The number of halogens is 1. The molecular formula is C16H15ClN2O4. The molecule has 0 spiro atoms. The van der Waals surface area contributed by atoms with E-state index in [1.807, 2.05) is 24.3 Å². The first-order valence-electron chi connectivity index (χ1n) is 6.80. The van der Waals surface area contributed by atoms with Gasteiger partial charge in [-0.15, -0.1) is 0 Å². The molecule has 0 bridgehead atoms. The van der Waals surface area contributed by atoms with Gasteiger partial charge in [0.05, 0.1) is 22.1 Å². The third-order valence-corrected chi connectivity index (χ3v) is 3.58. The molecule has 6 nitrogen and oxygen atoms in total. The standard InChI is InChI=1S/C16H15ClN2O4/c1-23-10-12-5-3-2-4-11(12)9-18-16(20)14-7-6-13(19(21)22)8-15(14)17/h2-8H,9-10H2,1H3,(H,18,20). The van der Waals surface area contributed by atoms with Crippen LogP contribution in [0.15, 0.2) is 42.5 Å². The van der Waals surface area contributed by atoms with Crippen LogP contribution in [0.1, 0.15) is 21.5 Å². The van der Waals surface area contributed by atoms with Gasteiger partial charge in [-0.05, 0) is 17.2 Å². The number of hydrogen-bond acceptors (Lipinski definition) is 4. The Hall–Kier alpha value is -2.44. The predicted molar refractivity (Wildman–Crippen MR) is 86.4 cm³/mol. The predicted octanol–water partition coefficient (Wildman–Crippen LogP) is 3.32. The van der Waals surface area contributed by atoms with Crippen LogP contribution in [-0.2, 0) is 17.9 Å². The molecule has 0 saturated heterocycles. The molecule has 0 fully saturated rings. The molecule has 0 aromatic heterocycles. The molecule has 0 unspecified atom stereocenters. The lowest BCUT2D eigenvalue weighted by molar-refractivity contribution is -0.384. The van der Waals surface area contributed by atoms with Crippen LogP contribution in [0.25, 0.3) is 0 Å². The average Bonchev–Trinajstić information content (AvgIpc) is 2.54. The minimum Gasteiger partial charge on any atom is -0.380 e. The molecule has 0 aliphatic heterocycles. The van der Waals surface area contributed by atoms with Gasteiger partial charge < -0.3 is 10.1 Å². The quantitative estimate of drug-likeness (QED) is 0.649. The fraction of sp³-hybridized carbons (Fsp3) is 0.188. The van der Waals surface area contributed by atoms with Crippen molar-refractivity contribution in [1.82, 2.24) is 5.32 Å². The third-order valence-electron chi connectivity index (χ3n) is 3.27. The summed E-state index contributed by atoms with van der Waals surface area (Å²) in [6, 6.07) is 11.3. The molecule has 0 heterocycles. The number of carbonyl (C=O) groups excluding carboxylic acids is 1. The van der Waals surface area contributed by atoms with Crippen LogP contribution in [0.4, 0.5) is 5.69 Å². The van der Waals surface area contributed by atoms with Crippen molar-refractivity contribution in [3.8, 4) is 0 Å². The zero-order valence-electron chi connectivity index (χ0n) is 12.4. The number of rotatable bonds is 6. The average molecular weight is 335 g/mol. The molecule has 2 aromatic carbocycles. The monoisotopic (exact) mass is 334 g/mol. The van der Waals surface area contributed by atoms with E-state index in [-0.39, 0.29) is 16.3 Å². The van der Waals surface area contributed by atoms with Gasteiger partial charge in [-0.2, -0.15) is 0 Å². The maximum atomic E-state index is 12.2. The van der Waals surface area contributed by atoms with E-state index in [1.165, 1.54) is 12.1 Å². The summed E-state index contributed by atoms with van der Waals surface area (Å²) in [5.41, 5.74) is 1.95. The van der Waals surface area contributed by atoms with Crippen LogP contribution in [0, 0.1) is 10.1 Å². The molecule has 0 radical (unpaired) electrons. The van der Waals surface area contributed by atoms with Crippen molar-refractivity contribution in [2.45, 2.75) is 13.2 Å². The van der Waals surface area contributed by atoms with Crippen molar-refractivity contribution in [2.75, 3.05) is 7.11 Å². The largest absolute Gasteiger partial charge is 0.380 e. The Morgan fingerprint density at radius 2 is 1.96 bits per heavy atom. The number of nitro groups is 1. The minimum atomic E-state index is -0.561. The van der Waals surface area contributed by atoms with E-state index < -0.39 is 10.8 Å². The molecule has 2 aromatic rings. The molecule has 0 atom stereocenters. The zero-order valence-corrected chi connectivity index (χ0v) is 13.2. The molecule has 0 aliphatic carbocycles. The number of nitrogens with zero attached hydrogens (tertiary/aromatic N) is 1. The Labute approximate surface area is 138 Å². The lowest BCUT2D eigenvalue weighted by atomic mass is 10.1. The number of amides is 1. The second kappa shape index (κ2) is 7.71. The summed E-state index contributed by atoms with van der Waals surface area (Å²) in [5.74, 6) is -0.392. The summed E-state index contributed by atoms with van der Waals surface area (Å²) in [6.07, 6.45) is 0. The smallest absolute Gasteiger partial charge is 0.270 e. The Morgan fingerprint density at radius 1 is 1.26 bits per heavy atom. The van der Waals surface area contributed by atoms with E-state index in [9.17, 15) is 14.9 Å². The van der Waals surface area contributed by atoms with Crippen LogP contribution in [0.2, 0.25) is 5.02 Å². The zero-order chi connectivity index (χ0) is 16.8. The number of nitrogens with one attached hydrogen (secondary N) is 1. The SMILES string of the molecule is COCc1ccccc1CNC(=O)c1ccc([N+](=O)[O-])cc1Cl. The Morgan fingerprint density at radius 3 is 2.57 bits per heavy atom. The molecule has 0 aliphatic rings. The van der Waals surface area contributed by atoms with E-state index in [1.54, 1.807) is 7.11 Å². The number of nitro benzene ring substituents is 1. The van der Waals surface area contributed by atoms with E-state index >= 15 is 0 Å². The summed E-state index contributed by atoms with van der Waals surface area (Å²) in [6.45, 7) is 0.760. The highest BCUT2D eigenvalue weighted by Crippen LogP contribution is 2.22. The first-order valence-corrected chi connectivity index (χ1v) is 7.18. The number of benzene rings is 2. The van der Waals surface area contributed by atoms with Crippen molar-refractivity contribution < 1.29 is 14.5 Å². The summed E-state index contributed by atoms with van der Waals surface area (Å²) in [7, 11) is 1.60. The topological polar surface area (TPSA) is 81.5 Å². The second-order valence-electron chi connectivity index (χ2n) is 4.81. The first kappa shape index (κ1) is 16.9. The van der Waals surface area contributed by atoms with E-state index in [2.05, 4.69) is 5.32 Å². The normalized spacial score (nSPS) is 10.3. The Bertz CT molecular complexity index is 734.